The number of anilines is 1. The largest absolute Gasteiger partial charge is 0.390 e. The molecule has 1 aliphatic rings. The molecule has 1 fully saturated rings. The minimum atomic E-state index is 0.0237. The van der Waals surface area contributed by atoms with Gasteiger partial charge >= 0.3 is 0 Å². The monoisotopic (exact) mass is 288 g/mol. The van der Waals surface area contributed by atoms with Gasteiger partial charge in [-0.05, 0) is 11.0 Å². The van der Waals surface area contributed by atoms with Crippen molar-refractivity contribution in [2.24, 2.45) is 5.41 Å². The van der Waals surface area contributed by atoms with Crippen molar-refractivity contribution >= 4 is 16.5 Å². The molecule has 1 saturated heterocycles. The lowest BCUT2D eigenvalue weighted by molar-refractivity contribution is 0.277. The topological polar surface area (TPSA) is 36.4 Å². The number of hydrogen-bond donors (Lipinski definition) is 1. The van der Waals surface area contributed by atoms with Gasteiger partial charge in [0, 0.05) is 24.4 Å². The van der Waals surface area contributed by atoms with Crippen molar-refractivity contribution in [3.63, 3.8) is 0 Å². The van der Waals surface area contributed by atoms with Crippen LogP contribution in [0.3, 0.4) is 0 Å². The fraction of sp³-hybridized carbons (Fsp3) is 0.438. The van der Waals surface area contributed by atoms with Crippen LogP contribution >= 0.6 is 11.3 Å². The van der Waals surface area contributed by atoms with Crippen LogP contribution in [0.2, 0.25) is 0 Å². The van der Waals surface area contributed by atoms with Gasteiger partial charge in [-0.25, -0.2) is 4.98 Å². The molecule has 0 saturated carbocycles. The summed E-state index contributed by atoms with van der Waals surface area (Å²) in [7, 11) is 0. The zero-order chi connectivity index (χ0) is 14.2. The third kappa shape index (κ3) is 2.45. The molecule has 1 aromatic heterocycles. The molecule has 3 nitrogen and oxygen atoms in total. The van der Waals surface area contributed by atoms with Crippen molar-refractivity contribution in [3.8, 4) is 0 Å². The molecule has 1 aromatic carbocycles. The number of aliphatic hydroxyl groups excluding tert-OH is 1. The zero-order valence-electron chi connectivity index (χ0n) is 11.9. The van der Waals surface area contributed by atoms with Crippen LogP contribution in [-0.2, 0) is 6.61 Å². The molecule has 1 atom stereocenters. The van der Waals surface area contributed by atoms with E-state index in [4.69, 9.17) is 5.11 Å². The molecule has 0 radical (unpaired) electrons. The average Bonchev–Trinajstić information content (AvgIpc) is 3.03. The summed E-state index contributed by atoms with van der Waals surface area (Å²) in [6.07, 6.45) is 0. The molecule has 2 aromatic rings. The average molecular weight is 288 g/mol. The van der Waals surface area contributed by atoms with Crippen LogP contribution in [0.5, 0.6) is 0 Å². The molecule has 0 amide bonds. The summed E-state index contributed by atoms with van der Waals surface area (Å²) in [6, 6.07) is 10.7. The molecular formula is C16H20N2OS. The summed E-state index contributed by atoms with van der Waals surface area (Å²) < 4.78 is 0. The predicted octanol–water partition coefficient (Wildman–Crippen LogP) is 3.27. The molecule has 106 valence electrons. The van der Waals surface area contributed by atoms with Gasteiger partial charge in [0.15, 0.2) is 5.13 Å². The summed E-state index contributed by atoms with van der Waals surface area (Å²) in [6.45, 7) is 6.67. The Bertz CT molecular complexity index is 579. The van der Waals surface area contributed by atoms with E-state index < -0.39 is 0 Å². The van der Waals surface area contributed by atoms with E-state index >= 15 is 0 Å². The first-order valence-corrected chi connectivity index (χ1v) is 7.83. The van der Waals surface area contributed by atoms with Gasteiger partial charge in [-0.15, -0.1) is 11.3 Å². The Labute approximate surface area is 123 Å². The van der Waals surface area contributed by atoms with E-state index in [0.29, 0.717) is 5.92 Å². The van der Waals surface area contributed by atoms with E-state index in [1.807, 2.05) is 5.38 Å². The summed E-state index contributed by atoms with van der Waals surface area (Å²) in [4.78, 5) is 6.85. The minimum Gasteiger partial charge on any atom is -0.390 e. The number of benzene rings is 1. The Morgan fingerprint density at radius 3 is 2.75 bits per heavy atom. The van der Waals surface area contributed by atoms with Gasteiger partial charge in [0.2, 0.25) is 0 Å². The van der Waals surface area contributed by atoms with Crippen LogP contribution in [0.15, 0.2) is 35.7 Å². The van der Waals surface area contributed by atoms with Gasteiger partial charge in [0.05, 0.1) is 12.3 Å². The number of hydrogen-bond acceptors (Lipinski definition) is 4. The first-order chi connectivity index (χ1) is 9.60. The molecule has 2 heterocycles. The lowest BCUT2D eigenvalue weighted by Gasteiger charge is -2.25. The van der Waals surface area contributed by atoms with Gasteiger partial charge in [0.1, 0.15) is 0 Å². The van der Waals surface area contributed by atoms with Crippen LogP contribution in [0, 0.1) is 5.41 Å². The molecule has 0 spiro atoms. The summed E-state index contributed by atoms with van der Waals surface area (Å²) in [5.74, 6) is 0.519. The molecule has 1 aliphatic heterocycles. The van der Waals surface area contributed by atoms with Crippen LogP contribution in [0.1, 0.15) is 31.0 Å². The smallest absolute Gasteiger partial charge is 0.185 e. The molecule has 4 heteroatoms. The van der Waals surface area contributed by atoms with E-state index in [9.17, 15) is 0 Å². The molecule has 0 unspecified atom stereocenters. The first kappa shape index (κ1) is 13.6. The van der Waals surface area contributed by atoms with Gasteiger partial charge in [-0.3, -0.25) is 0 Å². The maximum atomic E-state index is 9.15. The van der Waals surface area contributed by atoms with Crippen LogP contribution in [-0.4, -0.2) is 23.2 Å². The zero-order valence-corrected chi connectivity index (χ0v) is 12.7. The summed E-state index contributed by atoms with van der Waals surface area (Å²) in [5.41, 5.74) is 2.40. The van der Waals surface area contributed by atoms with Crippen LogP contribution < -0.4 is 4.90 Å². The van der Waals surface area contributed by atoms with Gasteiger partial charge in [0.25, 0.3) is 0 Å². The van der Waals surface area contributed by atoms with Gasteiger partial charge in [-0.1, -0.05) is 44.2 Å². The highest BCUT2D eigenvalue weighted by atomic mass is 32.1. The summed E-state index contributed by atoms with van der Waals surface area (Å²) >= 11 is 1.62. The minimum absolute atomic E-state index is 0.0237. The SMILES string of the molecule is CC1(C)CN(c2nc(CO)cs2)C[C@@H]1c1ccccc1. The number of rotatable bonds is 3. The second-order valence-corrected chi connectivity index (χ2v) is 6.95. The van der Waals surface area contributed by atoms with E-state index in [2.05, 4.69) is 54.1 Å². The van der Waals surface area contributed by atoms with Crippen LogP contribution in [0.4, 0.5) is 5.13 Å². The Morgan fingerprint density at radius 2 is 2.10 bits per heavy atom. The number of aromatic nitrogens is 1. The molecule has 0 bridgehead atoms. The Hall–Kier alpha value is -1.39. The van der Waals surface area contributed by atoms with Crippen molar-refractivity contribution in [2.75, 3.05) is 18.0 Å². The third-order valence-corrected chi connectivity index (χ3v) is 5.07. The molecule has 0 aliphatic carbocycles. The molecule has 20 heavy (non-hydrogen) atoms. The Balaban J connectivity index is 1.85. The fourth-order valence-electron chi connectivity index (χ4n) is 3.04. The molecule has 3 rings (SSSR count). The van der Waals surface area contributed by atoms with E-state index in [-0.39, 0.29) is 12.0 Å². The number of aliphatic hydroxyl groups is 1. The Morgan fingerprint density at radius 1 is 1.35 bits per heavy atom. The highest BCUT2D eigenvalue weighted by Crippen LogP contribution is 2.44. The highest BCUT2D eigenvalue weighted by molar-refractivity contribution is 7.13. The third-order valence-electron chi connectivity index (χ3n) is 4.12. The first-order valence-electron chi connectivity index (χ1n) is 6.95. The van der Waals surface area contributed by atoms with Crippen molar-refractivity contribution < 1.29 is 5.11 Å². The van der Waals surface area contributed by atoms with Crippen molar-refractivity contribution in [1.29, 1.82) is 0 Å². The second-order valence-electron chi connectivity index (χ2n) is 6.11. The molecular weight excluding hydrogens is 268 g/mol. The van der Waals surface area contributed by atoms with E-state index in [1.54, 1.807) is 11.3 Å². The predicted molar refractivity (Wildman–Crippen MR) is 83.2 cm³/mol. The fourth-order valence-corrected chi connectivity index (χ4v) is 3.86. The maximum Gasteiger partial charge on any atom is 0.185 e. The summed E-state index contributed by atoms with van der Waals surface area (Å²) in [5, 5.41) is 12.1. The van der Waals surface area contributed by atoms with Crippen molar-refractivity contribution in [2.45, 2.75) is 26.4 Å². The molecule has 1 N–H and O–H groups in total. The van der Waals surface area contributed by atoms with Crippen LogP contribution in [0.25, 0.3) is 0 Å². The van der Waals surface area contributed by atoms with Crippen molar-refractivity contribution in [1.82, 2.24) is 4.98 Å². The number of thiazole rings is 1. The normalized spacial score (nSPS) is 21.4. The lowest BCUT2D eigenvalue weighted by Crippen LogP contribution is -2.23. The standard InChI is InChI=1S/C16H20N2OS/c1-16(2)11-18(15-17-13(9-19)10-20-15)8-14(16)12-6-4-3-5-7-12/h3-7,10,14,19H,8-9,11H2,1-2H3/t14-/m1/s1. The Kier molecular flexibility index (Phi) is 3.52. The lowest BCUT2D eigenvalue weighted by atomic mass is 9.78. The second kappa shape index (κ2) is 5.19. The van der Waals surface area contributed by atoms with Gasteiger partial charge < -0.3 is 10.0 Å². The van der Waals surface area contributed by atoms with Crippen molar-refractivity contribution in [3.05, 3.63) is 47.0 Å². The number of nitrogens with zero attached hydrogens (tertiary/aromatic N) is 2. The van der Waals surface area contributed by atoms with Gasteiger partial charge in [-0.2, -0.15) is 0 Å². The quantitative estimate of drug-likeness (QED) is 0.941. The highest BCUT2D eigenvalue weighted by Gasteiger charge is 2.40. The van der Waals surface area contributed by atoms with E-state index in [1.165, 1.54) is 5.56 Å². The maximum absolute atomic E-state index is 9.15. The van der Waals surface area contributed by atoms with E-state index in [0.717, 1.165) is 23.9 Å².